The maximum atomic E-state index is 12.4. The lowest BCUT2D eigenvalue weighted by Crippen LogP contribution is -2.20. The van der Waals surface area contributed by atoms with Crippen molar-refractivity contribution in [1.29, 1.82) is 0 Å². The topological polar surface area (TPSA) is 85.6 Å². The van der Waals surface area contributed by atoms with Crippen molar-refractivity contribution in [2.24, 2.45) is 5.10 Å². The lowest BCUT2D eigenvalue weighted by Gasteiger charge is -2.10. The lowest BCUT2D eigenvalue weighted by molar-refractivity contribution is -0.118. The van der Waals surface area contributed by atoms with E-state index in [4.69, 9.17) is 16.6 Å². The molecule has 0 saturated carbocycles. The van der Waals surface area contributed by atoms with E-state index in [1.165, 1.54) is 25.1 Å². The second-order valence-electron chi connectivity index (χ2n) is 7.26. The minimum absolute atomic E-state index is 0.143. The maximum absolute atomic E-state index is 12.4. The van der Waals surface area contributed by atoms with E-state index in [-0.39, 0.29) is 11.7 Å². The highest BCUT2D eigenvalue weighted by Crippen LogP contribution is 2.27. The van der Waals surface area contributed by atoms with Crippen LogP contribution in [0.1, 0.15) is 21.5 Å². The number of nitrogens with zero attached hydrogens (tertiary/aromatic N) is 3. The number of carbonyl (C=O) groups excluding carboxylic acids is 2. The van der Waals surface area contributed by atoms with Crippen LogP contribution < -0.4 is 5.43 Å². The molecule has 0 saturated heterocycles. The SMILES string of the molecule is COC(=O)c1ccc(/C=N\NC(=O)CSc2nc3ccccc3n2Cc2ccccc2Cl)cc1. The number of aromatic nitrogens is 2. The molecule has 1 N–H and O–H groups in total. The Kier molecular flexibility index (Phi) is 7.61. The number of hydrazone groups is 1. The molecule has 4 rings (SSSR count). The van der Waals surface area contributed by atoms with Gasteiger partial charge in [-0.1, -0.05) is 65.8 Å². The fourth-order valence-corrected chi connectivity index (χ4v) is 4.28. The van der Waals surface area contributed by atoms with Crippen LogP contribution in [0.15, 0.2) is 83.1 Å². The van der Waals surface area contributed by atoms with Gasteiger partial charge in [0.2, 0.25) is 0 Å². The number of imidazole rings is 1. The normalized spacial score (nSPS) is 11.1. The van der Waals surface area contributed by atoms with Gasteiger partial charge in [-0.15, -0.1) is 0 Å². The number of methoxy groups -OCH3 is 1. The van der Waals surface area contributed by atoms with Crippen LogP contribution in [0.3, 0.4) is 0 Å². The lowest BCUT2D eigenvalue weighted by atomic mass is 10.1. The summed E-state index contributed by atoms with van der Waals surface area (Å²) in [6, 6.07) is 22.2. The van der Waals surface area contributed by atoms with Gasteiger partial charge < -0.3 is 9.30 Å². The van der Waals surface area contributed by atoms with E-state index in [2.05, 4.69) is 19.8 Å². The van der Waals surface area contributed by atoms with Crippen molar-refractivity contribution in [3.8, 4) is 0 Å². The van der Waals surface area contributed by atoms with Crippen LogP contribution in [0, 0.1) is 0 Å². The molecule has 0 unspecified atom stereocenters. The molecular weight excluding hydrogens is 472 g/mol. The number of hydrogen-bond donors (Lipinski definition) is 1. The van der Waals surface area contributed by atoms with Crippen molar-refractivity contribution < 1.29 is 14.3 Å². The summed E-state index contributed by atoms with van der Waals surface area (Å²) in [4.78, 5) is 28.5. The molecule has 1 heterocycles. The summed E-state index contributed by atoms with van der Waals surface area (Å²) < 4.78 is 6.73. The number of hydrogen-bond acceptors (Lipinski definition) is 6. The number of amides is 1. The quantitative estimate of drug-likeness (QED) is 0.166. The molecule has 0 aliphatic heterocycles. The van der Waals surface area contributed by atoms with Crippen molar-refractivity contribution in [2.75, 3.05) is 12.9 Å². The molecule has 0 spiro atoms. The van der Waals surface area contributed by atoms with E-state index in [1.807, 2.05) is 48.5 Å². The number of thioether (sulfide) groups is 1. The van der Waals surface area contributed by atoms with Crippen LogP contribution in [0.4, 0.5) is 0 Å². The first-order valence-corrected chi connectivity index (χ1v) is 11.7. The fourth-order valence-electron chi connectivity index (χ4n) is 3.28. The van der Waals surface area contributed by atoms with Crippen molar-refractivity contribution in [2.45, 2.75) is 11.7 Å². The van der Waals surface area contributed by atoms with Gasteiger partial charge in [0.05, 0.1) is 42.2 Å². The Hall–Kier alpha value is -3.62. The predicted octanol–water partition coefficient (Wildman–Crippen LogP) is 4.77. The number of ether oxygens (including phenoxy) is 1. The van der Waals surface area contributed by atoms with E-state index >= 15 is 0 Å². The van der Waals surface area contributed by atoms with Gasteiger partial charge in [0.25, 0.3) is 5.91 Å². The molecule has 3 aromatic carbocycles. The number of nitrogens with one attached hydrogen (secondary N) is 1. The Labute approximate surface area is 205 Å². The summed E-state index contributed by atoms with van der Waals surface area (Å²) in [5, 5.41) is 5.40. The molecule has 0 bridgehead atoms. The molecule has 1 aromatic heterocycles. The zero-order valence-corrected chi connectivity index (χ0v) is 19.8. The zero-order chi connectivity index (χ0) is 23.9. The molecule has 1 amide bonds. The Morgan fingerprint density at radius 2 is 1.82 bits per heavy atom. The molecule has 0 fully saturated rings. The van der Waals surface area contributed by atoms with E-state index < -0.39 is 5.97 Å². The molecular formula is C25H21ClN4O3S. The third kappa shape index (κ3) is 5.65. The number of esters is 1. The summed E-state index contributed by atoms with van der Waals surface area (Å²) >= 11 is 7.70. The molecule has 34 heavy (non-hydrogen) atoms. The van der Waals surface area contributed by atoms with Crippen LogP contribution in [0.25, 0.3) is 11.0 Å². The second kappa shape index (κ2) is 11.0. The standard InChI is InChI=1S/C25H21ClN4O3S/c1-33-24(32)18-12-10-17(11-13-18)14-27-29-23(31)16-34-25-28-21-8-4-5-9-22(21)30(25)15-19-6-2-3-7-20(19)26/h2-14H,15-16H2,1H3,(H,29,31)/b27-14-. The number of fused-ring (bicyclic) bond motifs is 1. The van der Waals surface area contributed by atoms with Gasteiger partial charge in [-0.05, 0) is 41.5 Å². The molecule has 0 atom stereocenters. The minimum Gasteiger partial charge on any atom is -0.465 e. The van der Waals surface area contributed by atoms with E-state index in [0.29, 0.717) is 17.1 Å². The van der Waals surface area contributed by atoms with Crippen LogP contribution in [0.2, 0.25) is 5.02 Å². The Balaban J connectivity index is 1.41. The summed E-state index contributed by atoms with van der Waals surface area (Å²) in [6.07, 6.45) is 1.51. The summed E-state index contributed by atoms with van der Waals surface area (Å²) in [7, 11) is 1.33. The van der Waals surface area contributed by atoms with E-state index in [9.17, 15) is 9.59 Å². The van der Waals surface area contributed by atoms with Gasteiger partial charge in [-0.3, -0.25) is 4.79 Å². The van der Waals surface area contributed by atoms with Crippen LogP contribution in [0.5, 0.6) is 0 Å². The molecule has 0 aliphatic carbocycles. The van der Waals surface area contributed by atoms with Gasteiger partial charge >= 0.3 is 5.97 Å². The highest BCUT2D eigenvalue weighted by atomic mass is 35.5. The molecule has 9 heteroatoms. The maximum Gasteiger partial charge on any atom is 0.337 e. The van der Waals surface area contributed by atoms with Crippen LogP contribution >= 0.6 is 23.4 Å². The highest BCUT2D eigenvalue weighted by molar-refractivity contribution is 7.99. The van der Waals surface area contributed by atoms with Gasteiger partial charge in [0.15, 0.2) is 5.16 Å². The van der Waals surface area contributed by atoms with Gasteiger partial charge in [-0.2, -0.15) is 5.10 Å². The smallest absolute Gasteiger partial charge is 0.337 e. The second-order valence-corrected chi connectivity index (χ2v) is 8.61. The van der Waals surface area contributed by atoms with Crippen molar-refractivity contribution in [3.63, 3.8) is 0 Å². The molecule has 7 nitrogen and oxygen atoms in total. The average Bonchev–Trinajstić information content (AvgIpc) is 3.21. The number of benzene rings is 3. The molecule has 4 aromatic rings. The number of rotatable bonds is 8. The first-order chi connectivity index (χ1) is 16.5. The highest BCUT2D eigenvalue weighted by Gasteiger charge is 2.14. The number of carbonyl (C=O) groups is 2. The third-order valence-electron chi connectivity index (χ3n) is 4.97. The van der Waals surface area contributed by atoms with Crippen LogP contribution in [-0.2, 0) is 16.1 Å². The number of para-hydroxylation sites is 2. The van der Waals surface area contributed by atoms with Crippen molar-refractivity contribution in [3.05, 3.63) is 94.5 Å². The van der Waals surface area contributed by atoms with Crippen molar-refractivity contribution in [1.82, 2.24) is 15.0 Å². The molecule has 0 radical (unpaired) electrons. The fraction of sp³-hybridized carbons (Fsp3) is 0.120. The zero-order valence-electron chi connectivity index (χ0n) is 18.3. The minimum atomic E-state index is -0.408. The summed E-state index contributed by atoms with van der Waals surface area (Å²) in [5.74, 6) is -0.525. The van der Waals surface area contributed by atoms with Gasteiger partial charge in [-0.25, -0.2) is 15.2 Å². The predicted molar refractivity (Wildman–Crippen MR) is 135 cm³/mol. The largest absolute Gasteiger partial charge is 0.465 e. The van der Waals surface area contributed by atoms with E-state index in [1.54, 1.807) is 24.3 Å². The summed E-state index contributed by atoms with van der Waals surface area (Å²) in [6.45, 7) is 0.545. The van der Waals surface area contributed by atoms with Crippen molar-refractivity contribution >= 4 is 52.5 Å². The molecule has 172 valence electrons. The average molecular weight is 493 g/mol. The molecule has 0 aliphatic rings. The van der Waals surface area contributed by atoms with Crippen LogP contribution in [-0.4, -0.2) is 40.5 Å². The van der Waals surface area contributed by atoms with E-state index in [0.717, 1.165) is 27.3 Å². The van der Waals surface area contributed by atoms with Gasteiger partial charge in [0, 0.05) is 5.02 Å². The monoisotopic (exact) mass is 492 g/mol. The summed E-state index contributed by atoms with van der Waals surface area (Å²) in [5.41, 5.74) is 6.50. The third-order valence-corrected chi connectivity index (χ3v) is 6.32. The van der Waals surface area contributed by atoms with Gasteiger partial charge in [0.1, 0.15) is 0 Å². The number of halogens is 1. The Morgan fingerprint density at radius 1 is 1.09 bits per heavy atom. The first-order valence-electron chi connectivity index (χ1n) is 10.4. The first kappa shape index (κ1) is 23.5. The Bertz CT molecular complexity index is 1350. The Morgan fingerprint density at radius 3 is 2.59 bits per heavy atom.